The molecule has 1 aliphatic rings. The van der Waals surface area contributed by atoms with Crippen LogP contribution in [-0.2, 0) is 16.0 Å². The zero-order valence-electron chi connectivity index (χ0n) is 14.6. The van der Waals surface area contributed by atoms with Crippen LogP contribution < -0.4 is 5.32 Å². The molecule has 1 aromatic rings. The first-order chi connectivity index (χ1) is 12.8. The maximum Gasteiger partial charge on any atom is 0.475 e. The van der Waals surface area contributed by atoms with Gasteiger partial charge in [0.05, 0.1) is 18.5 Å². The summed E-state index contributed by atoms with van der Waals surface area (Å²) in [5.41, 5.74) is 0.577. The topological polar surface area (TPSA) is 99.1 Å². The summed E-state index contributed by atoms with van der Waals surface area (Å²) in [5, 5.41) is 21.2. The number of ether oxygens (including phenoxy) is 1. The molecule has 146 valence electrons. The van der Waals surface area contributed by atoms with Crippen LogP contribution in [0.5, 0.6) is 0 Å². The first-order valence-corrected chi connectivity index (χ1v) is 8.41. The van der Waals surface area contributed by atoms with Gasteiger partial charge >= 0.3 is 13.2 Å². The normalized spacial score (nSPS) is 20.1. The van der Waals surface area contributed by atoms with E-state index in [2.05, 4.69) is 11.9 Å². The van der Waals surface area contributed by atoms with Crippen molar-refractivity contribution in [2.75, 3.05) is 13.2 Å². The highest BCUT2D eigenvalue weighted by molar-refractivity contribution is 6.43. The molecule has 2 rings (SSSR count). The van der Waals surface area contributed by atoms with E-state index in [0.29, 0.717) is 5.56 Å². The molecule has 1 fully saturated rings. The number of rotatable bonds is 7. The summed E-state index contributed by atoms with van der Waals surface area (Å²) in [6.45, 7) is 3.02. The Balaban J connectivity index is 1.89. The smallest absolute Gasteiger partial charge is 0.447 e. The van der Waals surface area contributed by atoms with Gasteiger partial charge in [0, 0.05) is 6.42 Å². The minimum absolute atomic E-state index is 0.0318. The average Bonchev–Trinajstić information content (AvgIpc) is 3.01. The molecule has 3 atom stereocenters. The number of alkyl carbamates (subject to hydrolysis) is 1. The Morgan fingerprint density at radius 1 is 1.41 bits per heavy atom. The predicted molar refractivity (Wildman–Crippen MR) is 93.8 cm³/mol. The van der Waals surface area contributed by atoms with Crippen LogP contribution in [0, 0.1) is 5.82 Å². The Morgan fingerprint density at radius 2 is 2.07 bits per heavy atom. The number of hydrogen-bond donors (Lipinski definition) is 3. The van der Waals surface area contributed by atoms with E-state index in [1.54, 1.807) is 0 Å². The number of halogens is 2. The van der Waals surface area contributed by atoms with Crippen LogP contribution in [0.15, 0.2) is 36.9 Å². The van der Waals surface area contributed by atoms with Crippen molar-refractivity contribution >= 4 is 19.1 Å². The molecule has 1 saturated heterocycles. The molecule has 1 aliphatic heterocycles. The van der Waals surface area contributed by atoms with Gasteiger partial charge in [-0.25, -0.2) is 13.6 Å². The fourth-order valence-corrected chi connectivity index (χ4v) is 2.88. The Morgan fingerprint density at radius 3 is 2.67 bits per heavy atom. The summed E-state index contributed by atoms with van der Waals surface area (Å²) in [6.07, 6.45) is -1.02. The van der Waals surface area contributed by atoms with Crippen molar-refractivity contribution in [1.82, 2.24) is 10.2 Å². The van der Waals surface area contributed by atoms with Gasteiger partial charge in [-0.05, 0) is 30.2 Å². The molecule has 1 unspecified atom stereocenters. The first kappa shape index (κ1) is 20.9. The molecule has 7 nitrogen and oxygen atoms in total. The molecule has 2 amide bonds. The molecule has 1 heterocycles. The molecule has 0 bridgehead atoms. The van der Waals surface area contributed by atoms with E-state index >= 15 is 0 Å². The second-order valence-electron chi connectivity index (χ2n) is 6.28. The van der Waals surface area contributed by atoms with Gasteiger partial charge in [0.25, 0.3) is 0 Å². The summed E-state index contributed by atoms with van der Waals surface area (Å²) in [7, 11) is -1.87. The maximum absolute atomic E-state index is 13.6. The Hall–Kier alpha value is -2.46. The van der Waals surface area contributed by atoms with Gasteiger partial charge in [0.1, 0.15) is 18.6 Å². The molecule has 1 aromatic carbocycles. The van der Waals surface area contributed by atoms with Crippen LogP contribution in [0.3, 0.4) is 0 Å². The maximum atomic E-state index is 13.6. The molecule has 0 aliphatic carbocycles. The van der Waals surface area contributed by atoms with Crippen molar-refractivity contribution in [2.24, 2.45) is 0 Å². The monoisotopic (exact) mass is 382 g/mol. The summed E-state index contributed by atoms with van der Waals surface area (Å²) in [4.78, 5) is 24.9. The van der Waals surface area contributed by atoms with E-state index in [0.717, 1.165) is 6.08 Å². The molecule has 0 radical (unpaired) electrons. The second kappa shape index (κ2) is 9.47. The van der Waals surface area contributed by atoms with Crippen molar-refractivity contribution in [3.63, 3.8) is 0 Å². The van der Waals surface area contributed by atoms with E-state index in [1.165, 1.54) is 29.2 Å². The first-order valence-electron chi connectivity index (χ1n) is 8.41. The van der Waals surface area contributed by atoms with E-state index in [9.17, 15) is 28.4 Å². The van der Waals surface area contributed by atoms with E-state index < -0.39 is 43.1 Å². The fourth-order valence-electron chi connectivity index (χ4n) is 2.88. The third-order valence-electron chi connectivity index (χ3n) is 4.26. The van der Waals surface area contributed by atoms with E-state index in [1.807, 2.05) is 0 Å². The minimum atomic E-state index is -1.87. The molecular formula is C17H21BF2N2O5. The van der Waals surface area contributed by atoms with Gasteiger partial charge in [0.15, 0.2) is 0 Å². The lowest BCUT2D eigenvalue weighted by molar-refractivity contribution is -0.127. The zero-order valence-corrected chi connectivity index (χ0v) is 14.6. The van der Waals surface area contributed by atoms with Crippen LogP contribution in [-0.4, -0.2) is 65.4 Å². The standard InChI is InChI=1S/C17H21BF2N2O5/c1-2-16(23)22-9-13(20)8-14(22)10-27-17(24)21-15(18(25)26)7-11-3-5-12(19)6-4-11/h2-6,13-15,25-26H,1,7-10H2,(H,21,24)/t13-,14+,15?/m0/s1. The number of benzene rings is 1. The molecular weight excluding hydrogens is 361 g/mol. The van der Waals surface area contributed by atoms with Crippen LogP contribution in [0.25, 0.3) is 0 Å². The van der Waals surface area contributed by atoms with Gasteiger partial charge in [-0.1, -0.05) is 18.7 Å². The number of alkyl halides is 1. The minimum Gasteiger partial charge on any atom is -0.447 e. The number of nitrogens with zero attached hydrogens (tertiary/aromatic N) is 1. The van der Waals surface area contributed by atoms with Crippen molar-refractivity contribution < 1.29 is 33.2 Å². The average molecular weight is 382 g/mol. The quantitative estimate of drug-likeness (QED) is 0.474. The molecule has 0 aromatic heterocycles. The molecule has 0 spiro atoms. The Bertz CT molecular complexity index is 674. The summed E-state index contributed by atoms with van der Waals surface area (Å²) >= 11 is 0. The third kappa shape index (κ3) is 6.04. The number of carbonyl (C=O) groups excluding carboxylic acids is 2. The van der Waals surface area contributed by atoms with Gasteiger partial charge in [-0.15, -0.1) is 0 Å². The number of hydrogen-bond acceptors (Lipinski definition) is 5. The van der Waals surface area contributed by atoms with E-state index in [4.69, 9.17) is 4.74 Å². The predicted octanol–water partition coefficient (Wildman–Crippen LogP) is 0.600. The second-order valence-corrected chi connectivity index (χ2v) is 6.28. The SMILES string of the molecule is C=CC(=O)N1C[C@@H](F)C[C@@H]1COC(=O)NC(Cc1ccc(F)cc1)B(O)O. The Kier molecular flexibility index (Phi) is 7.32. The largest absolute Gasteiger partial charge is 0.475 e. The summed E-state index contributed by atoms with van der Waals surface area (Å²) < 4.78 is 31.5. The van der Waals surface area contributed by atoms with Crippen LogP contribution in [0.2, 0.25) is 0 Å². The highest BCUT2D eigenvalue weighted by Crippen LogP contribution is 2.21. The van der Waals surface area contributed by atoms with Crippen molar-refractivity contribution in [3.8, 4) is 0 Å². The van der Waals surface area contributed by atoms with Gasteiger partial charge in [-0.3, -0.25) is 4.79 Å². The summed E-state index contributed by atoms with van der Waals surface area (Å²) in [6, 6.07) is 4.72. The number of likely N-dealkylation sites (tertiary alicyclic amines) is 1. The number of amides is 2. The Labute approximate surface area is 155 Å². The van der Waals surface area contributed by atoms with Crippen LogP contribution >= 0.6 is 0 Å². The highest BCUT2D eigenvalue weighted by atomic mass is 19.1. The van der Waals surface area contributed by atoms with Gasteiger partial charge < -0.3 is 25.0 Å². The van der Waals surface area contributed by atoms with Crippen LogP contribution in [0.4, 0.5) is 13.6 Å². The van der Waals surface area contributed by atoms with Gasteiger partial charge in [-0.2, -0.15) is 0 Å². The zero-order chi connectivity index (χ0) is 20.0. The lowest BCUT2D eigenvalue weighted by Gasteiger charge is -2.23. The van der Waals surface area contributed by atoms with Crippen molar-refractivity contribution in [3.05, 3.63) is 48.3 Å². The molecule has 0 saturated carbocycles. The fraction of sp³-hybridized carbons (Fsp3) is 0.412. The molecule has 3 N–H and O–H groups in total. The molecule has 10 heteroatoms. The molecule has 27 heavy (non-hydrogen) atoms. The van der Waals surface area contributed by atoms with Gasteiger partial charge in [0.2, 0.25) is 5.91 Å². The third-order valence-corrected chi connectivity index (χ3v) is 4.26. The lowest BCUT2D eigenvalue weighted by Crippen LogP contribution is -2.48. The lowest BCUT2D eigenvalue weighted by atomic mass is 9.76. The van der Waals surface area contributed by atoms with Crippen LogP contribution in [0.1, 0.15) is 12.0 Å². The van der Waals surface area contributed by atoms with E-state index in [-0.39, 0.29) is 26.0 Å². The van der Waals surface area contributed by atoms with Crippen molar-refractivity contribution in [1.29, 1.82) is 0 Å². The summed E-state index contributed by atoms with van der Waals surface area (Å²) in [5.74, 6) is -1.98. The highest BCUT2D eigenvalue weighted by Gasteiger charge is 2.35. The number of nitrogens with one attached hydrogen (secondary N) is 1. The van der Waals surface area contributed by atoms with Crippen molar-refractivity contribution in [2.45, 2.75) is 31.0 Å². The number of carbonyl (C=O) groups is 2.